The van der Waals surface area contributed by atoms with Crippen LogP contribution in [0.5, 0.6) is 0 Å². The Balaban J connectivity index is 1.91. The van der Waals surface area contributed by atoms with Crippen LogP contribution in [0.25, 0.3) is 22.9 Å². The normalized spacial score (nSPS) is 11.7. The van der Waals surface area contributed by atoms with Crippen LogP contribution >= 0.6 is 11.6 Å². The lowest BCUT2D eigenvalue weighted by molar-refractivity contribution is 0.584. The predicted molar refractivity (Wildman–Crippen MR) is 91.9 cm³/mol. The van der Waals surface area contributed by atoms with Crippen molar-refractivity contribution in [2.75, 3.05) is 5.88 Å². The van der Waals surface area contributed by atoms with Crippen molar-refractivity contribution in [1.82, 2.24) is 10.2 Å². The van der Waals surface area contributed by atoms with Crippen LogP contribution in [0.15, 0.2) is 57.9 Å². The molecule has 0 radical (unpaired) electrons. The summed E-state index contributed by atoms with van der Waals surface area (Å²) >= 11 is 5.64. The van der Waals surface area contributed by atoms with E-state index >= 15 is 0 Å². The van der Waals surface area contributed by atoms with Crippen LogP contribution in [0.3, 0.4) is 0 Å². The topological polar surface area (TPSA) is 77.3 Å². The molecule has 0 aliphatic heterocycles. The van der Waals surface area contributed by atoms with E-state index in [1.165, 1.54) is 5.56 Å². The first-order chi connectivity index (χ1) is 11.2. The van der Waals surface area contributed by atoms with E-state index in [1.807, 2.05) is 55.5 Å². The Labute approximate surface area is 138 Å². The first-order valence-corrected chi connectivity index (χ1v) is 7.59. The number of rotatable bonds is 4. The summed E-state index contributed by atoms with van der Waals surface area (Å²) in [6.45, 7) is 2.03. The Bertz CT molecular complexity index is 840. The molecule has 0 amide bonds. The zero-order chi connectivity index (χ0) is 16.2. The second kappa shape index (κ2) is 6.62. The van der Waals surface area contributed by atoms with Gasteiger partial charge < -0.3 is 10.2 Å². The fraction of sp³-hybridized carbons (Fsp3) is 0.118. The number of aromatic nitrogens is 2. The summed E-state index contributed by atoms with van der Waals surface area (Å²) in [5.41, 5.74) is 9.18. The minimum atomic E-state index is 0.183. The first kappa shape index (κ1) is 15.2. The largest absolute Gasteiger partial charge is 0.416 e. The van der Waals surface area contributed by atoms with Crippen LogP contribution < -0.4 is 5.73 Å². The van der Waals surface area contributed by atoms with Gasteiger partial charge in [0.05, 0.1) is 11.6 Å². The fourth-order valence-electron chi connectivity index (χ4n) is 2.06. The number of aryl methyl sites for hydroxylation is 1. The minimum absolute atomic E-state index is 0.183. The third-order valence-electron chi connectivity index (χ3n) is 3.23. The van der Waals surface area contributed by atoms with Crippen molar-refractivity contribution in [2.24, 2.45) is 10.7 Å². The number of aliphatic imine (C=N–C) groups is 1. The van der Waals surface area contributed by atoms with Crippen molar-refractivity contribution < 1.29 is 4.42 Å². The van der Waals surface area contributed by atoms with Crippen LogP contribution in [0.1, 0.15) is 5.56 Å². The van der Waals surface area contributed by atoms with Crippen molar-refractivity contribution in [3.05, 3.63) is 54.1 Å². The molecule has 6 heteroatoms. The summed E-state index contributed by atoms with van der Waals surface area (Å²) in [7, 11) is 0. The summed E-state index contributed by atoms with van der Waals surface area (Å²) in [4.78, 5) is 4.21. The number of hydrogen-bond donors (Lipinski definition) is 1. The predicted octanol–water partition coefficient (Wildman–Crippen LogP) is 3.94. The smallest absolute Gasteiger partial charge is 0.248 e. The van der Waals surface area contributed by atoms with Crippen molar-refractivity contribution >= 4 is 23.1 Å². The quantitative estimate of drug-likeness (QED) is 0.447. The van der Waals surface area contributed by atoms with Gasteiger partial charge in [0.1, 0.15) is 5.84 Å². The van der Waals surface area contributed by atoms with Gasteiger partial charge in [0.15, 0.2) is 0 Å². The van der Waals surface area contributed by atoms with Gasteiger partial charge in [-0.2, -0.15) is 0 Å². The zero-order valence-electron chi connectivity index (χ0n) is 12.5. The van der Waals surface area contributed by atoms with E-state index in [2.05, 4.69) is 15.2 Å². The number of alkyl halides is 1. The third-order valence-corrected chi connectivity index (χ3v) is 3.50. The monoisotopic (exact) mass is 326 g/mol. The molecule has 2 aromatic carbocycles. The van der Waals surface area contributed by atoms with Crippen LogP contribution in [0.4, 0.5) is 5.69 Å². The van der Waals surface area contributed by atoms with Gasteiger partial charge in [-0.15, -0.1) is 21.8 Å². The SMILES string of the molecule is Cc1ccc(-c2nnc(-c3cccc(N=C(N)CCl)c3)o2)cc1. The molecule has 0 aliphatic carbocycles. The van der Waals surface area contributed by atoms with Crippen molar-refractivity contribution in [3.63, 3.8) is 0 Å². The van der Waals surface area contributed by atoms with E-state index in [-0.39, 0.29) is 5.88 Å². The second-order valence-electron chi connectivity index (χ2n) is 5.07. The molecule has 0 bridgehead atoms. The molecule has 3 rings (SSSR count). The molecule has 23 heavy (non-hydrogen) atoms. The van der Waals surface area contributed by atoms with Gasteiger partial charge in [0.25, 0.3) is 0 Å². The Morgan fingerprint density at radius 1 is 1.09 bits per heavy atom. The average molecular weight is 327 g/mol. The molecule has 1 heterocycles. The van der Waals surface area contributed by atoms with Gasteiger partial charge in [-0.05, 0) is 37.3 Å². The number of halogens is 1. The Morgan fingerprint density at radius 2 is 1.78 bits per heavy atom. The summed E-state index contributed by atoms with van der Waals surface area (Å²) in [6.07, 6.45) is 0. The highest BCUT2D eigenvalue weighted by atomic mass is 35.5. The molecule has 1 aromatic heterocycles. The Hall–Kier alpha value is -2.66. The van der Waals surface area contributed by atoms with E-state index in [0.717, 1.165) is 11.1 Å². The minimum Gasteiger partial charge on any atom is -0.416 e. The lowest BCUT2D eigenvalue weighted by atomic mass is 10.1. The van der Waals surface area contributed by atoms with Crippen LogP contribution in [0.2, 0.25) is 0 Å². The van der Waals surface area contributed by atoms with E-state index < -0.39 is 0 Å². The van der Waals surface area contributed by atoms with Crippen LogP contribution in [-0.2, 0) is 0 Å². The highest BCUT2D eigenvalue weighted by Crippen LogP contribution is 2.26. The number of hydrogen-bond acceptors (Lipinski definition) is 4. The molecule has 0 spiro atoms. The van der Waals surface area contributed by atoms with E-state index in [9.17, 15) is 0 Å². The maximum atomic E-state index is 5.75. The number of nitrogens with zero attached hydrogens (tertiary/aromatic N) is 3. The summed E-state index contributed by atoms with van der Waals surface area (Å²) in [5, 5.41) is 8.20. The number of nitrogens with two attached hydrogens (primary N) is 1. The maximum absolute atomic E-state index is 5.75. The van der Waals surface area contributed by atoms with Gasteiger partial charge >= 0.3 is 0 Å². The van der Waals surface area contributed by atoms with Gasteiger partial charge in [-0.3, -0.25) is 0 Å². The highest BCUT2D eigenvalue weighted by molar-refractivity contribution is 6.28. The van der Waals surface area contributed by atoms with Gasteiger partial charge in [-0.1, -0.05) is 23.8 Å². The number of benzene rings is 2. The van der Waals surface area contributed by atoms with Crippen molar-refractivity contribution in [3.8, 4) is 22.9 Å². The summed E-state index contributed by atoms with van der Waals surface area (Å²) < 4.78 is 5.75. The summed E-state index contributed by atoms with van der Waals surface area (Å²) in [5.74, 6) is 1.45. The fourth-order valence-corrected chi connectivity index (χ4v) is 2.12. The van der Waals surface area contributed by atoms with Crippen molar-refractivity contribution in [1.29, 1.82) is 0 Å². The lowest BCUT2D eigenvalue weighted by Crippen LogP contribution is -2.12. The Kier molecular flexibility index (Phi) is 4.39. The molecule has 5 nitrogen and oxygen atoms in total. The van der Waals surface area contributed by atoms with Crippen LogP contribution in [-0.4, -0.2) is 21.9 Å². The molecule has 2 N–H and O–H groups in total. The molecule has 3 aromatic rings. The molecule has 0 saturated carbocycles. The zero-order valence-corrected chi connectivity index (χ0v) is 13.3. The number of amidine groups is 1. The summed E-state index contributed by atoms with van der Waals surface area (Å²) in [6, 6.07) is 15.3. The van der Waals surface area contributed by atoms with E-state index in [1.54, 1.807) is 0 Å². The molecule has 0 atom stereocenters. The first-order valence-electron chi connectivity index (χ1n) is 7.05. The highest BCUT2D eigenvalue weighted by Gasteiger charge is 2.10. The van der Waals surface area contributed by atoms with E-state index in [4.69, 9.17) is 21.8 Å². The average Bonchev–Trinajstić information content (AvgIpc) is 3.06. The molecular formula is C17H15ClN4O. The van der Waals surface area contributed by atoms with Gasteiger partial charge in [0.2, 0.25) is 11.8 Å². The molecule has 0 saturated heterocycles. The van der Waals surface area contributed by atoms with E-state index in [0.29, 0.717) is 23.3 Å². The standard InChI is InChI=1S/C17H15ClN4O/c1-11-5-7-12(8-6-11)16-21-22-17(23-16)13-3-2-4-14(9-13)20-15(19)10-18/h2-9H,10H2,1H3,(H2,19,20). The van der Waals surface area contributed by atoms with Gasteiger partial charge in [0, 0.05) is 11.1 Å². The van der Waals surface area contributed by atoms with Gasteiger partial charge in [-0.25, -0.2) is 4.99 Å². The lowest BCUT2D eigenvalue weighted by Gasteiger charge is -1.99. The third kappa shape index (κ3) is 3.57. The molecule has 0 aliphatic rings. The second-order valence-corrected chi connectivity index (χ2v) is 5.33. The molecular weight excluding hydrogens is 312 g/mol. The molecule has 116 valence electrons. The molecule has 0 fully saturated rings. The van der Waals surface area contributed by atoms with Crippen LogP contribution in [0, 0.1) is 6.92 Å². The Morgan fingerprint density at radius 3 is 2.48 bits per heavy atom. The molecule has 0 unspecified atom stereocenters. The van der Waals surface area contributed by atoms with Crippen molar-refractivity contribution in [2.45, 2.75) is 6.92 Å². The maximum Gasteiger partial charge on any atom is 0.248 e.